The summed E-state index contributed by atoms with van der Waals surface area (Å²) in [5.74, 6) is -0.0658. The molecule has 0 spiro atoms. The number of nitrogens with zero attached hydrogens (tertiary/aromatic N) is 1. The molecule has 0 fully saturated rings. The van der Waals surface area contributed by atoms with E-state index in [9.17, 15) is 5.26 Å². The first-order chi connectivity index (χ1) is 11.4. The molecule has 0 aromatic heterocycles. The predicted molar refractivity (Wildman–Crippen MR) is 100 cm³/mol. The summed E-state index contributed by atoms with van der Waals surface area (Å²) < 4.78 is 0. The van der Waals surface area contributed by atoms with Crippen LogP contribution in [0.25, 0.3) is 0 Å². The molecule has 2 aromatic rings. The summed E-state index contributed by atoms with van der Waals surface area (Å²) in [7, 11) is 0. The van der Waals surface area contributed by atoms with Crippen LogP contribution in [0, 0.1) is 17.4 Å². The van der Waals surface area contributed by atoms with Crippen molar-refractivity contribution < 1.29 is 32.7 Å². The molecule has 2 heteroatoms. The van der Waals surface area contributed by atoms with E-state index in [1.807, 2.05) is 76.2 Å². The maximum atomic E-state index is 9.54. The van der Waals surface area contributed by atoms with Crippen LogP contribution in [0.3, 0.4) is 0 Å². The first-order valence-corrected chi connectivity index (χ1v) is 8.36. The zero-order chi connectivity index (χ0) is 17.5. The van der Waals surface area contributed by atoms with E-state index in [1.165, 1.54) is 0 Å². The van der Waals surface area contributed by atoms with Crippen LogP contribution in [-0.2, 0) is 32.7 Å². The van der Waals surface area contributed by atoms with Gasteiger partial charge in [-0.3, -0.25) is 6.58 Å². The first-order valence-electron chi connectivity index (χ1n) is 8.36. The summed E-state index contributed by atoms with van der Waals surface area (Å²) in [4.78, 5) is 0. The Kier molecular flexibility index (Phi) is 17.3. The second-order valence-electron chi connectivity index (χ2n) is 4.49. The zero-order valence-electron chi connectivity index (χ0n) is 15.4. The van der Waals surface area contributed by atoms with Crippen molar-refractivity contribution in [3.63, 3.8) is 0 Å². The SMILES string of the molecule is C=[C-]CC(c1ccccc1)C(C#N)c1ccccc1.CC.CC.[Y]. The van der Waals surface area contributed by atoms with Crippen molar-refractivity contribution in [2.75, 3.05) is 0 Å². The third-order valence-electron chi connectivity index (χ3n) is 3.29. The molecule has 0 heterocycles. The summed E-state index contributed by atoms with van der Waals surface area (Å²) in [5.41, 5.74) is 2.21. The zero-order valence-corrected chi connectivity index (χ0v) is 18.2. The maximum Gasteiger partial charge on any atom is 0.0757 e. The Morgan fingerprint density at radius 2 is 1.29 bits per heavy atom. The Morgan fingerprint density at radius 1 is 0.875 bits per heavy atom. The van der Waals surface area contributed by atoms with Gasteiger partial charge in [0.2, 0.25) is 0 Å². The molecule has 24 heavy (non-hydrogen) atoms. The van der Waals surface area contributed by atoms with Crippen molar-refractivity contribution in [1.29, 1.82) is 5.26 Å². The average Bonchev–Trinajstić information content (AvgIpc) is 2.66. The van der Waals surface area contributed by atoms with Gasteiger partial charge in [0.15, 0.2) is 0 Å². The number of allylic oxidation sites excluding steroid dienone is 1. The van der Waals surface area contributed by atoms with Crippen LogP contribution >= 0.6 is 0 Å². The second-order valence-corrected chi connectivity index (χ2v) is 4.49. The molecule has 0 saturated carbocycles. The van der Waals surface area contributed by atoms with E-state index < -0.39 is 0 Å². The van der Waals surface area contributed by atoms with Crippen molar-refractivity contribution in [3.8, 4) is 6.07 Å². The molecule has 2 rings (SSSR count). The molecule has 125 valence electrons. The fraction of sp³-hybridized carbons (Fsp3) is 0.318. The Morgan fingerprint density at radius 3 is 1.67 bits per heavy atom. The van der Waals surface area contributed by atoms with E-state index in [0.717, 1.165) is 11.1 Å². The second kappa shape index (κ2) is 16.6. The van der Waals surface area contributed by atoms with Crippen molar-refractivity contribution in [2.24, 2.45) is 0 Å². The topological polar surface area (TPSA) is 23.8 Å². The minimum atomic E-state index is -0.169. The third-order valence-corrected chi connectivity index (χ3v) is 3.29. The van der Waals surface area contributed by atoms with Gasteiger partial charge >= 0.3 is 0 Å². The quantitative estimate of drug-likeness (QED) is 0.530. The summed E-state index contributed by atoms with van der Waals surface area (Å²) >= 11 is 0. The normalized spacial score (nSPS) is 11.0. The van der Waals surface area contributed by atoms with Crippen molar-refractivity contribution >= 4 is 0 Å². The maximum absolute atomic E-state index is 9.54. The summed E-state index contributed by atoms with van der Waals surface area (Å²) in [5, 5.41) is 9.54. The smallest absolute Gasteiger partial charge is 0.0757 e. The number of nitriles is 1. The van der Waals surface area contributed by atoms with E-state index in [2.05, 4.69) is 30.9 Å². The van der Waals surface area contributed by atoms with Gasteiger partial charge in [0.1, 0.15) is 0 Å². The van der Waals surface area contributed by atoms with Gasteiger partial charge < -0.3 is 6.08 Å². The summed E-state index contributed by atoms with van der Waals surface area (Å²) in [6, 6.07) is 22.5. The number of benzene rings is 2. The fourth-order valence-electron chi connectivity index (χ4n) is 2.34. The first kappa shape index (κ1) is 25.0. The molecule has 0 aliphatic heterocycles. The van der Waals surface area contributed by atoms with E-state index in [0.29, 0.717) is 6.42 Å². The van der Waals surface area contributed by atoms with Gasteiger partial charge in [-0.25, -0.2) is 0 Å². The van der Waals surface area contributed by atoms with Crippen LogP contribution in [-0.4, -0.2) is 0 Å². The standard InChI is InChI=1S/C18H16N.2C2H6.Y/c1-2-9-17(15-10-5-3-6-11-15)18(14-19)16-12-7-4-8-13-16;2*1-2;/h3-8,10-13,17-18H,1,9H2;2*1-2H3;/q-1;;;. The molecule has 0 amide bonds. The van der Waals surface area contributed by atoms with Crippen molar-refractivity contribution in [1.82, 2.24) is 0 Å². The van der Waals surface area contributed by atoms with Gasteiger partial charge in [-0.15, -0.1) is 0 Å². The molecule has 1 nitrogen and oxygen atoms in total. The Balaban J connectivity index is 0. The molecule has 0 aliphatic rings. The van der Waals surface area contributed by atoms with Crippen LogP contribution in [0.2, 0.25) is 0 Å². The molecule has 0 saturated heterocycles. The van der Waals surface area contributed by atoms with Gasteiger partial charge in [0.25, 0.3) is 0 Å². The fourth-order valence-corrected chi connectivity index (χ4v) is 2.34. The minimum Gasteiger partial charge on any atom is -0.503 e. The van der Waals surface area contributed by atoms with E-state index in [1.54, 1.807) is 0 Å². The number of hydrogen-bond donors (Lipinski definition) is 0. The predicted octanol–water partition coefficient (Wildman–Crippen LogP) is 6.51. The van der Waals surface area contributed by atoms with E-state index in [-0.39, 0.29) is 44.5 Å². The Labute approximate surface area is 173 Å². The molecule has 2 unspecified atom stereocenters. The molecule has 0 aliphatic carbocycles. The summed E-state index contributed by atoms with van der Waals surface area (Å²) in [6.07, 6.45) is 3.63. The molecule has 2 aromatic carbocycles. The molecular weight excluding hydrogens is 367 g/mol. The van der Waals surface area contributed by atoms with Crippen molar-refractivity contribution in [3.05, 3.63) is 84.4 Å². The van der Waals surface area contributed by atoms with E-state index >= 15 is 0 Å². The van der Waals surface area contributed by atoms with Crippen molar-refractivity contribution in [2.45, 2.75) is 46.0 Å². The Bertz CT molecular complexity index is 558. The van der Waals surface area contributed by atoms with Crippen LogP contribution < -0.4 is 0 Å². The molecule has 2 atom stereocenters. The number of hydrogen-bond acceptors (Lipinski definition) is 1. The van der Waals surface area contributed by atoms with Gasteiger partial charge in [0, 0.05) is 32.7 Å². The average molecular weight is 395 g/mol. The molecule has 1 radical (unpaired) electrons. The van der Waals surface area contributed by atoms with Crippen LogP contribution in [0.5, 0.6) is 0 Å². The van der Waals surface area contributed by atoms with Crippen LogP contribution in [0.4, 0.5) is 0 Å². The van der Waals surface area contributed by atoms with Gasteiger partial charge in [-0.05, 0) is 17.0 Å². The largest absolute Gasteiger partial charge is 0.503 e. The van der Waals surface area contributed by atoms with E-state index in [4.69, 9.17) is 0 Å². The van der Waals surface area contributed by atoms with Crippen LogP contribution in [0.1, 0.15) is 57.1 Å². The van der Waals surface area contributed by atoms with Crippen LogP contribution in [0.15, 0.2) is 67.2 Å². The molecular formula is C22H28NY-. The Hall–Kier alpha value is -1.23. The third kappa shape index (κ3) is 8.05. The van der Waals surface area contributed by atoms with Gasteiger partial charge in [0.05, 0.1) is 12.0 Å². The molecule has 0 bridgehead atoms. The van der Waals surface area contributed by atoms with Gasteiger partial charge in [-0.1, -0.05) is 88.4 Å². The molecule has 0 N–H and O–H groups in total. The number of rotatable bonds is 5. The van der Waals surface area contributed by atoms with Gasteiger partial charge in [-0.2, -0.15) is 11.7 Å². The monoisotopic (exact) mass is 395 g/mol. The summed E-state index contributed by atoms with van der Waals surface area (Å²) in [6.45, 7) is 11.7. The minimum absolute atomic E-state index is 0.